The summed E-state index contributed by atoms with van der Waals surface area (Å²) in [5.41, 5.74) is 1.08. The maximum absolute atomic E-state index is 12.8. The van der Waals surface area contributed by atoms with Crippen LogP contribution in [0.2, 0.25) is 0 Å². The van der Waals surface area contributed by atoms with Gasteiger partial charge >= 0.3 is 5.97 Å². The van der Waals surface area contributed by atoms with Gasteiger partial charge in [-0.2, -0.15) is 0 Å². The summed E-state index contributed by atoms with van der Waals surface area (Å²) in [6, 6.07) is 3.79. The number of amides is 4. The first-order valence-corrected chi connectivity index (χ1v) is 8.70. The molecule has 1 aromatic rings. The maximum Gasteiger partial charge on any atom is 0.308 e. The molecule has 0 aliphatic carbocycles. The molecule has 27 heavy (non-hydrogen) atoms. The van der Waals surface area contributed by atoms with E-state index in [9.17, 15) is 24.0 Å². The van der Waals surface area contributed by atoms with E-state index in [-0.39, 0.29) is 24.0 Å². The van der Waals surface area contributed by atoms with Crippen LogP contribution in [0.1, 0.15) is 40.0 Å². The van der Waals surface area contributed by atoms with Crippen LogP contribution in [0.3, 0.4) is 0 Å². The van der Waals surface area contributed by atoms with Crippen molar-refractivity contribution in [2.75, 3.05) is 18.0 Å². The topological polar surface area (TPSA) is 124 Å². The van der Waals surface area contributed by atoms with E-state index in [4.69, 9.17) is 5.11 Å². The molecule has 1 unspecified atom stereocenters. The number of nitrogens with zero attached hydrogens (tertiary/aromatic N) is 2. The molecule has 0 spiro atoms. The summed E-state index contributed by atoms with van der Waals surface area (Å²) in [6.07, 6.45) is 0.691. The highest BCUT2D eigenvalue weighted by Gasteiger charge is 2.44. The first-order chi connectivity index (χ1) is 12.9. The van der Waals surface area contributed by atoms with E-state index in [1.165, 1.54) is 6.07 Å². The molecule has 0 saturated carbocycles. The van der Waals surface area contributed by atoms with E-state index in [0.717, 1.165) is 4.90 Å². The quantitative estimate of drug-likeness (QED) is 0.717. The van der Waals surface area contributed by atoms with Gasteiger partial charge in [0.15, 0.2) is 0 Å². The van der Waals surface area contributed by atoms with Gasteiger partial charge < -0.3 is 10.0 Å². The Morgan fingerprint density at radius 1 is 1.07 bits per heavy atom. The minimum atomic E-state index is -0.998. The second-order valence-electron chi connectivity index (χ2n) is 6.95. The summed E-state index contributed by atoms with van der Waals surface area (Å²) < 4.78 is 0. The number of anilines is 1. The number of carbonyl (C=O) groups excluding carboxylic acids is 4. The van der Waals surface area contributed by atoms with Gasteiger partial charge in [0.05, 0.1) is 17.0 Å². The Balaban J connectivity index is 1.60. The lowest BCUT2D eigenvalue weighted by Crippen LogP contribution is -2.54. The predicted molar refractivity (Wildman–Crippen MR) is 91.1 cm³/mol. The minimum Gasteiger partial charge on any atom is -0.481 e. The zero-order chi connectivity index (χ0) is 19.3. The lowest BCUT2D eigenvalue weighted by atomic mass is 10.0. The number of carbonyl (C=O) groups is 5. The Labute approximate surface area is 153 Å². The van der Waals surface area contributed by atoms with Crippen molar-refractivity contribution in [3.05, 3.63) is 29.3 Å². The number of fused-ring (bicyclic) bond motifs is 1. The summed E-state index contributed by atoms with van der Waals surface area (Å²) >= 11 is 0. The lowest BCUT2D eigenvalue weighted by Gasteiger charge is -2.27. The van der Waals surface area contributed by atoms with Crippen LogP contribution in [0.4, 0.5) is 5.69 Å². The zero-order valence-corrected chi connectivity index (χ0v) is 14.3. The van der Waals surface area contributed by atoms with Crippen LogP contribution in [-0.2, 0) is 14.4 Å². The minimum absolute atomic E-state index is 0.0689. The highest BCUT2D eigenvalue weighted by molar-refractivity contribution is 6.23. The summed E-state index contributed by atoms with van der Waals surface area (Å²) in [7, 11) is 0. The molecule has 4 rings (SSSR count). The molecule has 4 amide bonds. The number of aliphatic carboxylic acids is 1. The third-order valence-corrected chi connectivity index (χ3v) is 5.33. The van der Waals surface area contributed by atoms with Crippen molar-refractivity contribution >= 4 is 35.3 Å². The second kappa shape index (κ2) is 6.19. The third-order valence-electron chi connectivity index (χ3n) is 5.33. The average molecular weight is 371 g/mol. The Bertz CT molecular complexity index is 895. The van der Waals surface area contributed by atoms with Crippen LogP contribution < -0.4 is 10.2 Å². The van der Waals surface area contributed by atoms with Crippen LogP contribution in [0.25, 0.3) is 0 Å². The molecule has 9 heteroatoms. The molecule has 2 atom stereocenters. The fourth-order valence-electron chi connectivity index (χ4n) is 3.85. The summed E-state index contributed by atoms with van der Waals surface area (Å²) in [5, 5.41) is 11.3. The maximum atomic E-state index is 12.8. The smallest absolute Gasteiger partial charge is 0.308 e. The molecule has 2 saturated heterocycles. The van der Waals surface area contributed by atoms with Crippen molar-refractivity contribution in [3.63, 3.8) is 0 Å². The van der Waals surface area contributed by atoms with Crippen molar-refractivity contribution in [2.24, 2.45) is 5.92 Å². The molecule has 140 valence electrons. The SMILES string of the molecule is O=C1CCC(N2C(=O)c3ccc(N4CC[C@H](C(=O)O)C4)cc3C2=O)C(=O)N1. The van der Waals surface area contributed by atoms with Crippen molar-refractivity contribution in [1.29, 1.82) is 0 Å². The Morgan fingerprint density at radius 3 is 2.48 bits per heavy atom. The molecule has 0 aromatic heterocycles. The normalized spacial score (nSPS) is 25.0. The fraction of sp³-hybridized carbons (Fsp3) is 0.389. The number of imide groups is 2. The Morgan fingerprint density at radius 2 is 1.81 bits per heavy atom. The van der Waals surface area contributed by atoms with E-state index in [1.807, 2.05) is 4.90 Å². The van der Waals surface area contributed by atoms with Gasteiger partial charge in [0, 0.05) is 25.2 Å². The molecule has 3 heterocycles. The second-order valence-corrected chi connectivity index (χ2v) is 6.95. The van der Waals surface area contributed by atoms with E-state index < -0.39 is 41.6 Å². The van der Waals surface area contributed by atoms with Crippen molar-refractivity contribution in [2.45, 2.75) is 25.3 Å². The van der Waals surface area contributed by atoms with Crippen LogP contribution >= 0.6 is 0 Å². The molecule has 2 N–H and O–H groups in total. The van der Waals surface area contributed by atoms with E-state index >= 15 is 0 Å². The van der Waals surface area contributed by atoms with Crippen LogP contribution in [0, 0.1) is 5.92 Å². The van der Waals surface area contributed by atoms with Gasteiger partial charge in [-0.1, -0.05) is 0 Å². The molecule has 9 nitrogen and oxygen atoms in total. The fourth-order valence-corrected chi connectivity index (χ4v) is 3.85. The third kappa shape index (κ3) is 2.75. The summed E-state index contributed by atoms with van der Waals surface area (Å²) in [4.78, 5) is 62.8. The molecular formula is C18H17N3O6. The first-order valence-electron chi connectivity index (χ1n) is 8.70. The lowest BCUT2D eigenvalue weighted by molar-refractivity contribution is -0.141. The number of rotatable bonds is 3. The predicted octanol–water partition coefficient (Wildman–Crippen LogP) is -0.00130. The average Bonchev–Trinajstić information content (AvgIpc) is 3.21. The van der Waals surface area contributed by atoms with Crippen molar-refractivity contribution in [1.82, 2.24) is 10.2 Å². The zero-order valence-electron chi connectivity index (χ0n) is 14.3. The number of hydrogen-bond acceptors (Lipinski definition) is 6. The van der Waals surface area contributed by atoms with Crippen molar-refractivity contribution < 1.29 is 29.1 Å². The van der Waals surface area contributed by atoms with Crippen LogP contribution in [-0.4, -0.2) is 58.7 Å². The molecule has 3 aliphatic rings. The van der Waals surface area contributed by atoms with Gasteiger partial charge in [0.25, 0.3) is 11.8 Å². The number of piperidine rings is 1. The van der Waals surface area contributed by atoms with Crippen LogP contribution in [0.15, 0.2) is 18.2 Å². The summed E-state index contributed by atoms with van der Waals surface area (Å²) in [5.74, 6) is -3.51. The van der Waals surface area contributed by atoms with E-state index in [2.05, 4.69) is 5.32 Å². The first kappa shape index (κ1) is 17.2. The highest BCUT2D eigenvalue weighted by atomic mass is 16.4. The number of carboxylic acid groups (broad SMARTS) is 1. The number of hydrogen-bond donors (Lipinski definition) is 2. The number of carboxylic acids is 1. The van der Waals surface area contributed by atoms with Gasteiger partial charge in [-0.15, -0.1) is 0 Å². The van der Waals surface area contributed by atoms with Crippen LogP contribution in [0.5, 0.6) is 0 Å². The monoisotopic (exact) mass is 371 g/mol. The molecule has 3 aliphatic heterocycles. The Kier molecular flexibility index (Phi) is 3.94. The van der Waals surface area contributed by atoms with Gasteiger partial charge in [0.2, 0.25) is 11.8 Å². The molecule has 1 aromatic carbocycles. The molecule has 0 radical (unpaired) electrons. The van der Waals surface area contributed by atoms with E-state index in [1.54, 1.807) is 12.1 Å². The van der Waals surface area contributed by atoms with Crippen molar-refractivity contribution in [3.8, 4) is 0 Å². The molecular weight excluding hydrogens is 354 g/mol. The molecule has 0 bridgehead atoms. The number of nitrogens with one attached hydrogen (secondary N) is 1. The Hall–Kier alpha value is -3.23. The van der Waals surface area contributed by atoms with E-state index in [0.29, 0.717) is 25.2 Å². The van der Waals surface area contributed by atoms with Gasteiger partial charge in [0.1, 0.15) is 6.04 Å². The van der Waals surface area contributed by atoms with Gasteiger partial charge in [-0.25, -0.2) is 0 Å². The standard InChI is InChI=1S/C18H17N3O6/c22-14-4-3-13(15(23)19-14)21-16(24)11-2-1-10(7-12(11)17(21)25)20-6-5-9(8-20)18(26)27/h1-2,7,9,13H,3-6,8H2,(H,26,27)(H,19,22,23)/t9-,13?/m0/s1. The molecule has 2 fully saturated rings. The largest absolute Gasteiger partial charge is 0.481 e. The number of benzene rings is 1. The summed E-state index contributed by atoms with van der Waals surface area (Å²) in [6.45, 7) is 0.891. The van der Waals surface area contributed by atoms with Gasteiger partial charge in [-0.05, 0) is 31.0 Å². The highest BCUT2D eigenvalue weighted by Crippen LogP contribution is 2.32. The van der Waals surface area contributed by atoms with Gasteiger partial charge in [-0.3, -0.25) is 34.2 Å².